The molecule has 28 heavy (non-hydrogen) atoms. The van der Waals surface area contributed by atoms with Crippen LogP contribution in [0, 0.1) is 5.92 Å². The van der Waals surface area contributed by atoms with Crippen molar-refractivity contribution in [2.45, 2.75) is 63.3 Å². The lowest BCUT2D eigenvalue weighted by atomic mass is 9.76. The van der Waals surface area contributed by atoms with Gasteiger partial charge in [-0.05, 0) is 48.8 Å². The molecule has 6 rings (SSSR count). The molecule has 0 spiro atoms. The number of imide groups is 1. The Balaban J connectivity index is 1.38. The maximum absolute atomic E-state index is 13.0. The molecule has 0 radical (unpaired) electrons. The number of nitrogens with two attached hydrogens (primary N) is 1. The van der Waals surface area contributed by atoms with E-state index in [0.717, 1.165) is 37.1 Å². The zero-order valence-corrected chi connectivity index (χ0v) is 15.9. The molecule has 3 N–H and O–H groups in total. The molecule has 4 aliphatic heterocycles. The topological polar surface area (TPSA) is 95.7 Å². The molecule has 1 aliphatic carbocycles. The summed E-state index contributed by atoms with van der Waals surface area (Å²) in [5, 5.41) is 2.36. The monoisotopic (exact) mass is 382 g/mol. The van der Waals surface area contributed by atoms with Gasteiger partial charge in [0.2, 0.25) is 11.8 Å². The number of fused-ring (bicyclic) bond motifs is 4. The summed E-state index contributed by atoms with van der Waals surface area (Å²) in [6.45, 7) is 2.31. The Labute approximate surface area is 164 Å². The number of carbonyl (C=O) groups excluding carboxylic acids is 3. The normalized spacial score (nSPS) is 32.6. The quantitative estimate of drug-likeness (QED) is 0.753. The zero-order chi connectivity index (χ0) is 19.4. The summed E-state index contributed by atoms with van der Waals surface area (Å²) in [7, 11) is 0. The van der Waals surface area contributed by atoms with Crippen LogP contribution < -0.4 is 11.1 Å². The fourth-order valence-corrected chi connectivity index (χ4v) is 5.57. The van der Waals surface area contributed by atoms with Crippen LogP contribution in [0.5, 0.6) is 0 Å². The SMILES string of the molecule is NC1CC2CCC1N(Cc1cccc3c1CN(C1CCC(=O)NC1=O)C3=O)C2. The van der Waals surface area contributed by atoms with E-state index in [9.17, 15) is 14.4 Å². The van der Waals surface area contributed by atoms with Crippen molar-refractivity contribution in [3.05, 3.63) is 34.9 Å². The summed E-state index contributed by atoms with van der Waals surface area (Å²) < 4.78 is 0. The molecule has 4 heterocycles. The molecule has 4 unspecified atom stereocenters. The van der Waals surface area contributed by atoms with Crippen LogP contribution in [-0.4, -0.2) is 52.2 Å². The van der Waals surface area contributed by atoms with Crippen LogP contribution in [0.2, 0.25) is 0 Å². The third-order valence-corrected chi connectivity index (χ3v) is 6.98. The van der Waals surface area contributed by atoms with E-state index in [1.54, 1.807) is 4.90 Å². The van der Waals surface area contributed by atoms with Crippen molar-refractivity contribution in [1.29, 1.82) is 0 Å². The molecule has 2 bridgehead atoms. The van der Waals surface area contributed by atoms with Crippen molar-refractivity contribution in [1.82, 2.24) is 15.1 Å². The summed E-state index contributed by atoms with van der Waals surface area (Å²) in [5.41, 5.74) is 9.23. The van der Waals surface area contributed by atoms with E-state index in [1.165, 1.54) is 6.42 Å². The number of carbonyl (C=O) groups is 3. The van der Waals surface area contributed by atoms with Crippen LogP contribution in [0.15, 0.2) is 18.2 Å². The lowest BCUT2D eigenvalue weighted by molar-refractivity contribution is -0.136. The van der Waals surface area contributed by atoms with Gasteiger partial charge < -0.3 is 10.6 Å². The van der Waals surface area contributed by atoms with Gasteiger partial charge in [0.25, 0.3) is 5.91 Å². The second-order valence-electron chi connectivity index (χ2n) is 8.68. The Morgan fingerprint density at radius 2 is 2.00 bits per heavy atom. The lowest BCUT2D eigenvalue weighted by Gasteiger charge is -2.49. The Morgan fingerprint density at radius 3 is 2.75 bits per heavy atom. The van der Waals surface area contributed by atoms with E-state index in [0.29, 0.717) is 30.5 Å². The van der Waals surface area contributed by atoms with Gasteiger partial charge in [-0.3, -0.25) is 24.6 Å². The number of nitrogens with one attached hydrogen (secondary N) is 1. The maximum Gasteiger partial charge on any atom is 0.255 e. The molecule has 1 saturated carbocycles. The molecule has 7 nitrogen and oxygen atoms in total. The summed E-state index contributed by atoms with van der Waals surface area (Å²) in [6, 6.07) is 5.97. The molecular weight excluding hydrogens is 356 g/mol. The standard InChI is InChI=1S/C21H26N4O3/c22-16-8-12-4-5-17(16)24(9-12)10-13-2-1-3-14-15(13)11-25(21(14)28)18-6-7-19(26)23-20(18)27/h1-3,12,16-18H,4-11,22H2,(H,23,26,27). The maximum atomic E-state index is 13.0. The van der Waals surface area contributed by atoms with Crippen molar-refractivity contribution in [3.8, 4) is 0 Å². The summed E-state index contributed by atoms with van der Waals surface area (Å²) in [4.78, 5) is 40.8. The number of hydrogen-bond acceptors (Lipinski definition) is 5. The first-order valence-corrected chi connectivity index (χ1v) is 10.3. The number of nitrogens with zero attached hydrogens (tertiary/aromatic N) is 2. The largest absolute Gasteiger partial charge is 0.326 e. The van der Waals surface area contributed by atoms with Crippen LogP contribution in [0.25, 0.3) is 0 Å². The van der Waals surface area contributed by atoms with E-state index >= 15 is 0 Å². The van der Waals surface area contributed by atoms with Gasteiger partial charge in [0, 0.05) is 43.7 Å². The molecule has 0 aromatic heterocycles. The second kappa shape index (κ2) is 6.67. The highest BCUT2D eigenvalue weighted by molar-refractivity contribution is 6.05. The predicted octanol–water partition coefficient (Wildman–Crippen LogP) is 0.759. The third-order valence-electron chi connectivity index (χ3n) is 6.98. The molecule has 3 amide bonds. The Kier molecular flexibility index (Phi) is 4.25. The first-order valence-electron chi connectivity index (χ1n) is 10.3. The van der Waals surface area contributed by atoms with Crippen molar-refractivity contribution in [2.24, 2.45) is 11.7 Å². The molecular formula is C21H26N4O3. The molecule has 148 valence electrons. The van der Waals surface area contributed by atoms with Crippen LogP contribution in [0.3, 0.4) is 0 Å². The van der Waals surface area contributed by atoms with Gasteiger partial charge in [-0.1, -0.05) is 12.1 Å². The van der Waals surface area contributed by atoms with Crippen molar-refractivity contribution in [3.63, 3.8) is 0 Å². The Hall–Kier alpha value is -2.25. The fraction of sp³-hybridized carbons (Fsp3) is 0.571. The highest BCUT2D eigenvalue weighted by atomic mass is 16.2. The first-order chi connectivity index (χ1) is 13.5. The third kappa shape index (κ3) is 2.84. The van der Waals surface area contributed by atoms with Gasteiger partial charge in [0.15, 0.2) is 0 Å². The summed E-state index contributed by atoms with van der Waals surface area (Å²) in [6.07, 6.45) is 4.21. The number of hydrogen-bond donors (Lipinski definition) is 2. The second-order valence-corrected chi connectivity index (χ2v) is 8.68. The van der Waals surface area contributed by atoms with Crippen LogP contribution in [-0.2, 0) is 22.7 Å². The van der Waals surface area contributed by atoms with Gasteiger partial charge in [0.05, 0.1) is 0 Å². The Morgan fingerprint density at radius 1 is 1.14 bits per heavy atom. The van der Waals surface area contributed by atoms with E-state index in [-0.39, 0.29) is 30.2 Å². The molecule has 7 heteroatoms. The summed E-state index contributed by atoms with van der Waals surface area (Å²) in [5.74, 6) is -0.0533. The molecule has 3 saturated heterocycles. The van der Waals surface area contributed by atoms with Crippen molar-refractivity contribution >= 4 is 17.7 Å². The molecule has 1 aromatic rings. The van der Waals surface area contributed by atoms with Crippen LogP contribution in [0.4, 0.5) is 0 Å². The minimum absolute atomic E-state index is 0.108. The van der Waals surface area contributed by atoms with Crippen LogP contribution >= 0.6 is 0 Å². The minimum Gasteiger partial charge on any atom is -0.326 e. The number of amides is 3. The fourth-order valence-electron chi connectivity index (χ4n) is 5.57. The van der Waals surface area contributed by atoms with Crippen LogP contribution in [0.1, 0.15) is 53.6 Å². The number of benzene rings is 1. The average Bonchev–Trinajstić information content (AvgIpc) is 3.00. The van der Waals surface area contributed by atoms with Gasteiger partial charge >= 0.3 is 0 Å². The number of rotatable bonds is 3. The highest BCUT2D eigenvalue weighted by Gasteiger charge is 2.42. The lowest BCUT2D eigenvalue weighted by Crippen LogP contribution is -2.58. The zero-order valence-electron chi connectivity index (χ0n) is 15.9. The van der Waals surface area contributed by atoms with Gasteiger partial charge in [0.1, 0.15) is 6.04 Å². The molecule has 5 aliphatic rings. The smallest absolute Gasteiger partial charge is 0.255 e. The summed E-state index contributed by atoms with van der Waals surface area (Å²) >= 11 is 0. The first kappa shape index (κ1) is 17.8. The molecule has 1 aromatic carbocycles. The highest BCUT2D eigenvalue weighted by Crippen LogP contribution is 2.37. The molecule has 4 fully saturated rings. The van der Waals surface area contributed by atoms with E-state index in [1.807, 2.05) is 12.1 Å². The van der Waals surface area contributed by atoms with E-state index < -0.39 is 6.04 Å². The predicted molar refractivity (Wildman–Crippen MR) is 102 cm³/mol. The average molecular weight is 382 g/mol. The van der Waals surface area contributed by atoms with E-state index in [2.05, 4.69) is 16.3 Å². The molecule has 4 atom stereocenters. The van der Waals surface area contributed by atoms with Gasteiger partial charge in [-0.25, -0.2) is 0 Å². The van der Waals surface area contributed by atoms with Crippen molar-refractivity contribution < 1.29 is 14.4 Å². The van der Waals surface area contributed by atoms with Gasteiger partial charge in [-0.2, -0.15) is 0 Å². The van der Waals surface area contributed by atoms with Crippen molar-refractivity contribution in [2.75, 3.05) is 6.54 Å². The minimum atomic E-state index is -0.565. The number of piperidine rings is 3. The van der Waals surface area contributed by atoms with E-state index in [4.69, 9.17) is 5.73 Å². The van der Waals surface area contributed by atoms with Gasteiger partial charge in [-0.15, -0.1) is 0 Å². The Bertz CT molecular complexity index is 854.